The van der Waals surface area contributed by atoms with Gasteiger partial charge in [-0.2, -0.15) is 0 Å². The number of nitrogens with one attached hydrogen (secondary N) is 11. The Balaban J connectivity index is 2.24. The highest BCUT2D eigenvalue weighted by Gasteiger charge is 2.42. The van der Waals surface area contributed by atoms with Crippen LogP contribution in [0.1, 0.15) is 45.9 Å². The topological polar surface area (TPSA) is 500 Å². The van der Waals surface area contributed by atoms with Crippen LogP contribution in [0.3, 0.4) is 0 Å². The average Bonchev–Trinajstić information content (AvgIpc) is 1.67. The van der Waals surface area contributed by atoms with Crippen LogP contribution in [-0.4, -0.2) is 302 Å². The fourth-order valence-corrected chi connectivity index (χ4v) is 10.3. The number of nitrogens with zero attached hydrogens (tertiary/aromatic N) is 6. The van der Waals surface area contributed by atoms with Gasteiger partial charge in [0.15, 0.2) is 0 Å². The first kappa shape index (κ1) is 83.0. The molecule has 2 rings (SSSR count). The molecule has 0 spiro atoms. The summed E-state index contributed by atoms with van der Waals surface area (Å²) in [6, 6.07) is -0.197. The highest BCUT2D eigenvalue weighted by Crippen LogP contribution is 2.49. The number of esters is 4. The van der Waals surface area contributed by atoms with Crippen LogP contribution in [0.4, 0.5) is 0 Å². The molecule has 1 aliphatic rings. The maximum atomic E-state index is 13.4. The summed E-state index contributed by atoms with van der Waals surface area (Å²) in [6.07, 6.45) is -1.52. The lowest BCUT2D eigenvalue weighted by Crippen LogP contribution is -2.49. The van der Waals surface area contributed by atoms with E-state index in [-0.39, 0.29) is 162 Å². The second-order valence-electron chi connectivity index (χ2n) is 20.9. The Morgan fingerprint density at radius 3 is 1.28 bits per heavy atom. The Hall–Kier alpha value is -9.10. The summed E-state index contributed by atoms with van der Waals surface area (Å²) in [4.78, 5) is 196. The molecule has 1 fully saturated rings. The Morgan fingerprint density at radius 1 is 0.573 bits per heavy atom. The van der Waals surface area contributed by atoms with Crippen molar-refractivity contribution >= 4 is 91.5 Å². The summed E-state index contributed by atoms with van der Waals surface area (Å²) in [7, 11) is 2.24. The predicted octanol–water partition coefficient (Wildman–Crippen LogP) is -7.56. The van der Waals surface area contributed by atoms with Crippen LogP contribution in [0.5, 0.6) is 0 Å². The average molecular weight is 1390 g/mol. The number of ether oxygens (including phenoxy) is 6. The minimum absolute atomic E-state index is 0.0310. The monoisotopic (exact) mass is 1390 g/mol. The molecule has 11 N–H and O–H groups in total. The van der Waals surface area contributed by atoms with Crippen molar-refractivity contribution in [1.82, 2.24) is 76.8 Å². The van der Waals surface area contributed by atoms with E-state index in [1.165, 1.54) is 17.7 Å². The number of amides is 9. The molecule has 1 saturated heterocycles. The first-order valence-electron chi connectivity index (χ1n) is 30.0. The molecule has 1 aromatic rings. The second kappa shape index (κ2) is 45.3. The minimum atomic E-state index is -1.87. The van der Waals surface area contributed by atoms with Crippen LogP contribution >= 0.6 is 8.53 Å². The Morgan fingerprint density at radius 2 is 0.927 bits per heavy atom. The van der Waals surface area contributed by atoms with Gasteiger partial charge in [0.2, 0.25) is 6.54 Å². The van der Waals surface area contributed by atoms with E-state index >= 15 is 0 Å². The summed E-state index contributed by atoms with van der Waals surface area (Å²) in [5.41, 5.74) is -1.16. The number of aryl methyl sites for hydroxylation is 1. The van der Waals surface area contributed by atoms with E-state index in [1.807, 2.05) is 32.4 Å². The number of carbonyl (C=O) groups excluding carboxylic acids is 13. The zero-order valence-electron chi connectivity index (χ0n) is 55.0. The van der Waals surface area contributed by atoms with E-state index in [0.717, 1.165) is 28.4 Å². The number of aromatic amines is 1. The largest absolute Gasteiger partial charge is 0.472 e. The lowest BCUT2D eigenvalue weighted by atomic mass is 10.2. The molecule has 1 aliphatic heterocycles. The molecule has 9 amide bonds. The number of H-pyrrole nitrogens is 1. The van der Waals surface area contributed by atoms with Crippen molar-refractivity contribution < 1.29 is 99.8 Å². The lowest BCUT2D eigenvalue weighted by molar-refractivity contribution is -0.152. The number of hydrogen-bond donors (Lipinski definition) is 11. The van der Waals surface area contributed by atoms with Crippen molar-refractivity contribution in [2.75, 3.05) is 166 Å². The van der Waals surface area contributed by atoms with Gasteiger partial charge >= 0.3 is 82.7 Å². The summed E-state index contributed by atoms with van der Waals surface area (Å²) in [5, 5.41) is 29.5. The fraction of sp³-hybridized carbons (Fsp3) is 0.655. The van der Waals surface area contributed by atoms with Crippen LogP contribution in [0.15, 0.2) is 15.8 Å². The summed E-state index contributed by atoms with van der Waals surface area (Å²) < 4.78 is 44.8. The molecule has 40 nitrogen and oxygen atoms in total. The molecule has 4 unspecified atom stereocenters. The van der Waals surface area contributed by atoms with E-state index < -0.39 is 121 Å². The minimum Gasteiger partial charge on any atom is -0.472 e. The first-order chi connectivity index (χ1) is 45.6. The van der Waals surface area contributed by atoms with Crippen LogP contribution in [-0.2, 0) is 99.8 Å². The van der Waals surface area contributed by atoms with Gasteiger partial charge in [-0.05, 0) is 34.6 Å². The van der Waals surface area contributed by atoms with Crippen molar-refractivity contribution in [2.24, 2.45) is 0 Å². The van der Waals surface area contributed by atoms with Gasteiger partial charge in [0, 0.05) is 148 Å². The van der Waals surface area contributed by atoms with Gasteiger partial charge in [-0.3, -0.25) is 77.6 Å². The zero-order valence-corrected chi connectivity index (χ0v) is 55.9. The molecule has 0 saturated carbocycles. The highest BCUT2D eigenvalue weighted by molar-refractivity contribution is 7.44. The lowest BCUT2D eigenvalue weighted by Gasteiger charge is -2.37. The van der Waals surface area contributed by atoms with E-state index in [9.17, 15) is 71.9 Å². The molecule has 2 heterocycles. The smallest absolute Gasteiger partial charge is 0.396 e. The maximum Gasteiger partial charge on any atom is 0.396 e. The molecule has 536 valence electrons. The Bertz CT molecular complexity index is 2810. The van der Waals surface area contributed by atoms with Crippen LogP contribution in [0.2, 0.25) is 0 Å². The molecule has 96 heavy (non-hydrogen) atoms. The third-order valence-electron chi connectivity index (χ3n) is 13.4. The molecule has 0 bridgehead atoms. The van der Waals surface area contributed by atoms with E-state index in [1.54, 1.807) is 14.7 Å². The predicted molar refractivity (Wildman–Crippen MR) is 334 cm³/mol. The summed E-state index contributed by atoms with van der Waals surface area (Å²) in [6.45, 7) is 14.9. The molecule has 0 aliphatic carbocycles. The maximum absolute atomic E-state index is 13.4. The number of methoxy groups -OCH3 is 4. The van der Waals surface area contributed by atoms with Gasteiger partial charge in [0.1, 0.15) is 25.5 Å². The molecule has 0 radical (unpaired) electrons. The number of hydrogen-bond acceptors (Lipinski definition) is 28. The van der Waals surface area contributed by atoms with Crippen molar-refractivity contribution in [3.63, 3.8) is 0 Å². The van der Waals surface area contributed by atoms with Gasteiger partial charge in [-0.25, -0.2) is 35.2 Å². The molecule has 1 aromatic heterocycles. The van der Waals surface area contributed by atoms with E-state index in [2.05, 4.69) is 76.6 Å². The molecule has 41 heteroatoms. The molecule has 0 aromatic carbocycles. The van der Waals surface area contributed by atoms with Crippen molar-refractivity contribution in [3.8, 4) is 0 Å². The first-order valence-corrected chi connectivity index (χ1v) is 31.2. The fourth-order valence-electron chi connectivity index (χ4n) is 8.60. The summed E-state index contributed by atoms with van der Waals surface area (Å²) in [5.74, 6) is -14.9. The SMILES string of the molecule is [C-]#[N+]CCOP(OC1CC(n2cc(C)c(=O)[nH]c2=O)OC1CNC(=O)C(=O)NCCN(CCNC(=O)C(=O)NCCN(CCNC(=O)C(=O)OC)CCNC(=O)C(=O)OC)CCNC(=O)C(=O)NCCN(CCNC(=O)C(=O)OC)CCOC(=N)C(=O)OC)N(C(C)C)C(C)C. The number of rotatable bonds is 38. The van der Waals surface area contributed by atoms with Gasteiger partial charge in [-0.1, -0.05) is 0 Å². The standard InChI is InChI=1S/C55H88N17O23P/c1-34(2)72(35(3)4)96(93-29-19-57-6)95-37-31-39(71-33-36(5)41(73)67-55(71)87)94-38(37)32-66-47(79)46(78)62-14-23-68(20-11-58-42(74)43(75)60-13-22-69(24-16-63-48(80)52(84)89-8)25-17-64-49(81)53(85)90-9)21-12-59-44(76)45(77)61-15-26-70(27-18-65-50(82)54(86)91-10)28-30-92-40(56)51(83)88-7/h33-35,37-39,56H,11-32H2,1-5,7-10H3,(H,58,74)(H,59,76)(H,60,75)(H,61,77)(H,62,78)(H,63,80)(H,64,81)(H,65,82)(H,66,79)(H,67,73,87). The van der Waals surface area contributed by atoms with Crippen molar-refractivity contribution in [3.05, 3.63) is 44.0 Å². The summed E-state index contributed by atoms with van der Waals surface area (Å²) >= 11 is 0. The molecule has 4 atom stereocenters. The van der Waals surface area contributed by atoms with Gasteiger partial charge in [0.05, 0.1) is 34.5 Å². The van der Waals surface area contributed by atoms with Crippen LogP contribution < -0.4 is 59.1 Å². The highest BCUT2D eigenvalue weighted by atomic mass is 31.2. The van der Waals surface area contributed by atoms with Gasteiger partial charge in [0.25, 0.3) is 20.0 Å². The molecular weight excluding hydrogens is 1300 g/mol. The third kappa shape index (κ3) is 31.0. The van der Waals surface area contributed by atoms with Crippen molar-refractivity contribution in [2.45, 2.75) is 71.6 Å². The third-order valence-corrected chi connectivity index (χ3v) is 15.6. The quantitative estimate of drug-likeness (QED) is 0.00428. The Labute approximate surface area is 553 Å². The zero-order chi connectivity index (χ0) is 71.9. The van der Waals surface area contributed by atoms with E-state index in [0.29, 0.717) is 0 Å². The van der Waals surface area contributed by atoms with E-state index in [4.69, 9.17) is 30.5 Å². The van der Waals surface area contributed by atoms with Crippen LogP contribution in [0, 0.1) is 18.9 Å². The number of carbonyl (C=O) groups is 13. The van der Waals surface area contributed by atoms with Gasteiger partial charge in [-0.15, -0.1) is 0 Å². The van der Waals surface area contributed by atoms with Gasteiger partial charge < -0.3 is 90.2 Å². The van der Waals surface area contributed by atoms with Crippen molar-refractivity contribution in [1.29, 1.82) is 5.41 Å². The Kier molecular flexibility index (Phi) is 39.2. The number of aromatic nitrogens is 2. The normalized spacial score (nSPS) is 14.4. The second-order valence-corrected chi connectivity index (χ2v) is 22.3. The molecular formula is C55H88N17O23P. The van der Waals surface area contributed by atoms with Crippen LogP contribution in [0.25, 0.3) is 4.85 Å².